The summed E-state index contributed by atoms with van der Waals surface area (Å²) < 4.78 is 37.2. The summed E-state index contributed by atoms with van der Waals surface area (Å²) >= 11 is 0. The summed E-state index contributed by atoms with van der Waals surface area (Å²) in [7, 11) is 0. The minimum absolute atomic E-state index is 0.0262. The lowest BCUT2D eigenvalue weighted by molar-refractivity contribution is 0.0633. The van der Waals surface area contributed by atoms with Crippen molar-refractivity contribution >= 4 is 0 Å². The Bertz CT molecular complexity index is 130. The summed E-state index contributed by atoms with van der Waals surface area (Å²) in [6.45, 7) is 3.40. The molecule has 0 heterocycles. The first kappa shape index (κ1) is 7.63. The number of halogens is 3. The standard InChI is InChI=1S/C7H9F3/c1-4-2-5(8)7(10)6(9)3-4/h5-7H,1-3H2. The summed E-state index contributed by atoms with van der Waals surface area (Å²) in [4.78, 5) is 0. The lowest BCUT2D eigenvalue weighted by atomic mass is 9.92. The van der Waals surface area contributed by atoms with Crippen LogP contribution in [-0.2, 0) is 0 Å². The summed E-state index contributed by atoms with van der Waals surface area (Å²) in [6.07, 6.45) is -5.36. The van der Waals surface area contributed by atoms with Crippen molar-refractivity contribution in [1.29, 1.82) is 0 Å². The molecular weight excluding hydrogens is 141 g/mol. The molecule has 3 heteroatoms. The molecule has 10 heavy (non-hydrogen) atoms. The van der Waals surface area contributed by atoms with Gasteiger partial charge in [-0.25, -0.2) is 13.2 Å². The fraction of sp³-hybridized carbons (Fsp3) is 0.714. The Balaban J connectivity index is 2.57. The van der Waals surface area contributed by atoms with Crippen LogP contribution in [0.3, 0.4) is 0 Å². The summed E-state index contributed by atoms with van der Waals surface area (Å²) in [5, 5.41) is 0. The number of rotatable bonds is 0. The first-order chi connectivity index (χ1) is 4.61. The highest BCUT2D eigenvalue weighted by Gasteiger charge is 2.35. The number of alkyl halides is 3. The Kier molecular flexibility index (Phi) is 2.02. The second-order valence-corrected chi connectivity index (χ2v) is 2.63. The lowest BCUT2D eigenvalue weighted by Gasteiger charge is -2.24. The number of hydrogen-bond acceptors (Lipinski definition) is 0. The van der Waals surface area contributed by atoms with E-state index in [0.717, 1.165) is 0 Å². The highest BCUT2D eigenvalue weighted by Crippen LogP contribution is 2.29. The fourth-order valence-corrected chi connectivity index (χ4v) is 1.09. The first-order valence-electron chi connectivity index (χ1n) is 3.20. The average Bonchev–Trinajstić information content (AvgIpc) is 1.82. The van der Waals surface area contributed by atoms with Gasteiger partial charge >= 0.3 is 0 Å². The molecule has 0 radical (unpaired) electrons. The van der Waals surface area contributed by atoms with Crippen molar-refractivity contribution in [3.63, 3.8) is 0 Å². The molecule has 0 aromatic rings. The molecule has 0 N–H and O–H groups in total. The van der Waals surface area contributed by atoms with Crippen molar-refractivity contribution in [3.05, 3.63) is 12.2 Å². The van der Waals surface area contributed by atoms with Crippen LogP contribution in [0.2, 0.25) is 0 Å². The smallest absolute Gasteiger partial charge is 0.163 e. The van der Waals surface area contributed by atoms with Crippen LogP contribution in [-0.4, -0.2) is 18.5 Å². The molecule has 2 unspecified atom stereocenters. The minimum atomic E-state index is -1.94. The molecule has 1 saturated carbocycles. The van der Waals surface area contributed by atoms with E-state index in [1.54, 1.807) is 0 Å². The third-order valence-corrected chi connectivity index (χ3v) is 1.66. The van der Waals surface area contributed by atoms with Gasteiger partial charge in [0.15, 0.2) is 6.17 Å². The van der Waals surface area contributed by atoms with Gasteiger partial charge in [-0.05, 0) is 0 Å². The molecule has 1 rings (SSSR count). The summed E-state index contributed by atoms with van der Waals surface area (Å²) in [5.74, 6) is 0. The van der Waals surface area contributed by atoms with E-state index < -0.39 is 18.5 Å². The molecular formula is C7H9F3. The molecule has 0 nitrogen and oxygen atoms in total. The summed E-state index contributed by atoms with van der Waals surface area (Å²) in [6, 6.07) is 0. The third kappa shape index (κ3) is 1.33. The van der Waals surface area contributed by atoms with Crippen molar-refractivity contribution in [2.75, 3.05) is 0 Å². The van der Waals surface area contributed by atoms with Crippen LogP contribution >= 0.6 is 0 Å². The van der Waals surface area contributed by atoms with Crippen molar-refractivity contribution < 1.29 is 13.2 Å². The van der Waals surface area contributed by atoms with Gasteiger partial charge < -0.3 is 0 Å². The molecule has 0 aromatic carbocycles. The lowest BCUT2D eigenvalue weighted by Crippen LogP contribution is -2.33. The molecule has 0 saturated heterocycles. The van der Waals surface area contributed by atoms with E-state index in [-0.39, 0.29) is 12.8 Å². The molecule has 1 aliphatic carbocycles. The SMILES string of the molecule is C=C1CC(F)C(F)C(F)C1. The van der Waals surface area contributed by atoms with Crippen LogP contribution in [0, 0.1) is 0 Å². The Morgan fingerprint density at radius 3 is 1.90 bits per heavy atom. The minimum Gasteiger partial charge on any atom is -0.244 e. The van der Waals surface area contributed by atoms with E-state index in [2.05, 4.69) is 6.58 Å². The molecule has 0 spiro atoms. The Morgan fingerprint density at radius 1 is 1.10 bits per heavy atom. The van der Waals surface area contributed by atoms with Crippen LogP contribution in [0.4, 0.5) is 13.2 Å². The highest BCUT2D eigenvalue weighted by atomic mass is 19.2. The Hall–Kier alpha value is -0.470. The van der Waals surface area contributed by atoms with Gasteiger partial charge in [-0.3, -0.25) is 0 Å². The number of hydrogen-bond donors (Lipinski definition) is 0. The zero-order chi connectivity index (χ0) is 7.72. The van der Waals surface area contributed by atoms with Crippen LogP contribution in [0.5, 0.6) is 0 Å². The van der Waals surface area contributed by atoms with E-state index in [1.807, 2.05) is 0 Å². The molecule has 58 valence electrons. The van der Waals surface area contributed by atoms with Crippen molar-refractivity contribution in [1.82, 2.24) is 0 Å². The van der Waals surface area contributed by atoms with E-state index >= 15 is 0 Å². The second kappa shape index (κ2) is 2.64. The quantitative estimate of drug-likeness (QED) is 0.465. The van der Waals surface area contributed by atoms with Gasteiger partial charge in [0.1, 0.15) is 12.3 Å². The zero-order valence-corrected chi connectivity index (χ0v) is 5.49. The van der Waals surface area contributed by atoms with Crippen LogP contribution in [0.15, 0.2) is 12.2 Å². The molecule has 1 aliphatic rings. The molecule has 0 aromatic heterocycles. The Labute approximate surface area is 57.7 Å². The molecule has 2 atom stereocenters. The fourth-order valence-electron chi connectivity index (χ4n) is 1.09. The van der Waals surface area contributed by atoms with Crippen molar-refractivity contribution in [3.8, 4) is 0 Å². The van der Waals surface area contributed by atoms with E-state index in [4.69, 9.17) is 0 Å². The maximum Gasteiger partial charge on any atom is 0.163 e. The third-order valence-electron chi connectivity index (χ3n) is 1.66. The predicted octanol–water partition coefficient (Wildman–Crippen LogP) is 2.35. The molecule has 0 amide bonds. The maximum atomic E-state index is 12.4. The topological polar surface area (TPSA) is 0 Å². The molecule has 0 bridgehead atoms. The van der Waals surface area contributed by atoms with Crippen LogP contribution < -0.4 is 0 Å². The Morgan fingerprint density at radius 2 is 1.50 bits per heavy atom. The van der Waals surface area contributed by atoms with Crippen LogP contribution in [0.1, 0.15) is 12.8 Å². The van der Waals surface area contributed by atoms with Crippen LogP contribution in [0.25, 0.3) is 0 Å². The average molecular weight is 150 g/mol. The van der Waals surface area contributed by atoms with Gasteiger partial charge in [-0.15, -0.1) is 0 Å². The van der Waals surface area contributed by atoms with E-state index in [0.29, 0.717) is 5.57 Å². The monoisotopic (exact) mass is 150 g/mol. The van der Waals surface area contributed by atoms with Gasteiger partial charge in [-0.2, -0.15) is 0 Å². The van der Waals surface area contributed by atoms with Gasteiger partial charge in [0.25, 0.3) is 0 Å². The van der Waals surface area contributed by atoms with Crippen molar-refractivity contribution in [2.24, 2.45) is 0 Å². The normalized spacial score (nSPS) is 41.9. The molecule has 0 aliphatic heterocycles. The second-order valence-electron chi connectivity index (χ2n) is 2.63. The maximum absolute atomic E-state index is 12.4. The highest BCUT2D eigenvalue weighted by molar-refractivity contribution is 5.06. The van der Waals surface area contributed by atoms with Gasteiger partial charge in [0.05, 0.1) is 0 Å². The van der Waals surface area contributed by atoms with Crippen molar-refractivity contribution in [2.45, 2.75) is 31.4 Å². The largest absolute Gasteiger partial charge is 0.244 e. The molecule has 1 fully saturated rings. The first-order valence-corrected chi connectivity index (χ1v) is 3.20. The zero-order valence-electron chi connectivity index (χ0n) is 5.49. The number of allylic oxidation sites excluding steroid dienone is 1. The van der Waals surface area contributed by atoms with E-state index in [1.165, 1.54) is 0 Å². The predicted molar refractivity (Wildman–Crippen MR) is 33.1 cm³/mol. The van der Waals surface area contributed by atoms with Gasteiger partial charge in [-0.1, -0.05) is 12.2 Å². The van der Waals surface area contributed by atoms with E-state index in [9.17, 15) is 13.2 Å². The van der Waals surface area contributed by atoms with Gasteiger partial charge in [0.2, 0.25) is 0 Å². The summed E-state index contributed by atoms with van der Waals surface area (Å²) in [5.41, 5.74) is 0.467. The van der Waals surface area contributed by atoms with Gasteiger partial charge in [0, 0.05) is 12.8 Å².